The third-order valence-corrected chi connectivity index (χ3v) is 5.62. The van der Waals surface area contributed by atoms with E-state index in [9.17, 15) is 4.79 Å². The van der Waals surface area contributed by atoms with Crippen LogP contribution in [0.15, 0.2) is 45.6 Å². The van der Waals surface area contributed by atoms with Crippen LogP contribution in [0.5, 0.6) is 5.75 Å². The van der Waals surface area contributed by atoms with Gasteiger partial charge >= 0.3 is 5.63 Å². The molecule has 0 bridgehead atoms. The van der Waals surface area contributed by atoms with Crippen LogP contribution < -0.4 is 15.3 Å². The summed E-state index contributed by atoms with van der Waals surface area (Å²) in [7, 11) is 0. The summed E-state index contributed by atoms with van der Waals surface area (Å²) in [5, 5.41) is 1.51. The van der Waals surface area contributed by atoms with Crippen LogP contribution in [0.2, 0.25) is 5.02 Å². The third kappa shape index (κ3) is 3.80. The fourth-order valence-corrected chi connectivity index (χ4v) is 4.12. The Bertz CT molecular complexity index is 1060. The van der Waals surface area contributed by atoms with Crippen LogP contribution in [0.1, 0.15) is 42.0 Å². The number of hydrogen-bond acceptors (Lipinski definition) is 3. The highest BCUT2D eigenvalue weighted by molar-refractivity contribution is 6.33. The molecule has 146 valence electrons. The molecule has 0 spiro atoms. The molecule has 2 heterocycles. The van der Waals surface area contributed by atoms with Crippen molar-refractivity contribution in [2.75, 3.05) is 6.73 Å². The van der Waals surface area contributed by atoms with Crippen molar-refractivity contribution in [1.82, 2.24) is 0 Å². The second-order valence-corrected chi connectivity index (χ2v) is 8.02. The van der Waals surface area contributed by atoms with E-state index in [4.69, 9.17) is 20.8 Å². The first-order valence-electron chi connectivity index (χ1n) is 9.85. The molecule has 5 heteroatoms. The summed E-state index contributed by atoms with van der Waals surface area (Å²) in [4.78, 5) is 13.4. The van der Waals surface area contributed by atoms with Gasteiger partial charge in [0.2, 0.25) is 6.73 Å². The minimum Gasteiger partial charge on any atom is -0.443 e. The maximum Gasteiger partial charge on any atom is 0.336 e. The molecule has 0 radical (unpaired) electrons. The molecule has 1 aliphatic rings. The smallest absolute Gasteiger partial charge is 0.336 e. The van der Waals surface area contributed by atoms with Gasteiger partial charge in [0.25, 0.3) is 0 Å². The fraction of sp³-hybridized carbons (Fsp3) is 0.348. The molecule has 28 heavy (non-hydrogen) atoms. The molecule has 0 saturated heterocycles. The highest BCUT2D eigenvalue weighted by atomic mass is 35.5. The maximum absolute atomic E-state index is 12.2. The second kappa shape index (κ2) is 7.98. The number of rotatable bonds is 5. The van der Waals surface area contributed by atoms with Crippen molar-refractivity contribution in [3.05, 3.63) is 74.1 Å². The quantitative estimate of drug-likeness (QED) is 0.660. The second-order valence-electron chi connectivity index (χ2n) is 7.61. The highest BCUT2D eigenvalue weighted by Crippen LogP contribution is 2.37. The van der Waals surface area contributed by atoms with E-state index < -0.39 is 0 Å². The average molecular weight is 399 g/mol. The van der Waals surface area contributed by atoms with E-state index in [1.54, 1.807) is 6.07 Å². The fourth-order valence-electron chi connectivity index (χ4n) is 3.85. The summed E-state index contributed by atoms with van der Waals surface area (Å²) in [6.45, 7) is 6.31. The maximum atomic E-state index is 12.2. The van der Waals surface area contributed by atoms with Crippen molar-refractivity contribution in [3.63, 3.8) is 0 Å². The number of fused-ring (bicyclic) bond motifs is 3. The lowest BCUT2D eigenvalue weighted by atomic mass is 10.0. The van der Waals surface area contributed by atoms with Crippen molar-refractivity contribution in [3.8, 4) is 5.75 Å². The summed E-state index contributed by atoms with van der Waals surface area (Å²) >= 11 is 6.54. The lowest BCUT2D eigenvalue weighted by Gasteiger charge is -2.27. The monoisotopic (exact) mass is 398 g/mol. The summed E-state index contributed by atoms with van der Waals surface area (Å²) in [6, 6.07) is 12.0. The number of quaternary nitrogens is 1. The van der Waals surface area contributed by atoms with Gasteiger partial charge in [-0.3, -0.25) is 4.90 Å². The number of aryl methyl sites for hydroxylation is 2. The molecule has 0 aliphatic carbocycles. The predicted octanol–water partition coefficient (Wildman–Crippen LogP) is 4.03. The summed E-state index contributed by atoms with van der Waals surface area (Å²) in [5.41, 5.74) is 4.71. The molecule has 1 unspecified atom stereocenters. The minimum absolute atomic E-state index is 0.311. The van der Waals surface area contributed by atoms with E-state index in [2.05, 4.69) is 38.1 Å². The number of unbranched alkanes of at least 4 members (excludes halogenated alkanes) is 1. The zero-order chi connectivity index (χ0) is 19.7. The van der Waals surface area contributed by atoms with Gasteiger partial charge in [0.05, 0.1) is 10.6 Å². The molecular formula is C23H25ClNO3+. The number of benzene rings is 2. The molecule has 0 saturated carbocycles. The molecular weight excluding hydrogens is 374 g/mol. The lowest BCUT2D eigenvalue weighted by molar-refractivity contribution is -0.945. The van der Waals surface area contributed by atoms with E-state index in [0.29, 0.717) is 29.6 Å². The summed E-state index contributed by atoms with van der Waals surface area (Å²) in [5.74, 6) is 0.651. The number of halogens is 1. The third-order valence-electron chi connectivity index (χ3n) is 5.34. The molecule has 3 aromatic rings. The largest absolute Gasteiger partial charge is 0.443 e. The van der Waals surface area contributed by atoms with Crippen molar-refractivity contribution in [1.29, 1.82) is 0 Å². The molecule has 1 aliphatic heterocycles. The Kier molecular flexibility index (Phi) is 5.42. The van der Waals surface area contributed by atoms with Crippen molar-refractivity contribution in [2.45, 2.75) is 46.2 Å². The van der Waals surface area contributed by atoms with E-state index in [1.807, 2.05) is 6.07 Å². The first-order chi connectivity index (χ1) is 13.5. The van der Waals surface area contributed by atoms with Gasteiger partial charge in [-0.15, -0.1) is 0 Å². The van der Waals surface area contributed by atoms with Gasteiger partial charge in [0, 0.05) is 17.0 Å². The highest BCUT2D eigenvalue weighted by Gasteiger charge is 2.27. The molecule has 2 aromatic carbocycles. The van der Waals surface area contributed by atoms with Gasteiger partial charge in [0.15, 0.2) is 11.3 Å². The SMILES string of the molecule is CCCCc1cc(=O)oc2c3c(c(Cl)cc12)OC[NH+](Cc1ccc(C)cc1)C3. The van der Waals surface area contributed by atoms with E-state index in [-0.39, 0.29) is 5.63 Å². The Labute approximate surface area is 169 Å². The van der Waals surface area contributed by atoms with Crippen LogP contribution in [-0.4, -0.2) is 6.73 Å². The lowest BCUT2D eigenvalue weighted by Crippen LogP contribution is -3.10. The summed E-state index contributed by atoms with van der Waals surface area (Å²) < 4.78 is 11.6. The van der Waals surface area contributed by atoms with Crippen LogP contribution in [0.4, 0.5) is 0 Å². The molecule has 1 atom stereocenters. The Hall–Kier alpha value is -2.30. The van der Waals surface area contributed by atoms with Gasteiger partial charge in [-0.05, 0) is 31.4 Å². The van der Waals surface area contributed by atoms with Gasteiger partial charge in [-0.2, -0.15) is 0 Å². The van der Waals surface area contributed by atoms with Gasteiger partial charge in [0.1, 0.15) is 13.1 Å². The predicted molar refractivity (Wildman–Crippen MR) is 111 cm³/mol. The van der Waals surface area contributed by atoms with Crippen molar-refractivity contribution >= 4 is 22.6 Å². The van der Waals surface area contributed by atoms with Crippen molar-refractivity contribution in [2.24, 2.45) is 0 Å². The molecule has 0 amide bonds. The minimum atomic E-state index is -0.311. The van der Waals surface area contributed by atoms with Crippen LogP contribution in [0, 0.1) is 6.92 Å². The zero-order valence-electron chi connectivity index (χ0n) is 16.3. The summed E-state index contributed by atoms with van der Waals surface area (Å²) in [6.07, 6.45) is 2.93. The Balaban J connectivity index is 1.72. The molecule has 4 nitrogen and oxygen atoms in total. The molecule has 4 rings (SSSR count). The van der Waals surface area contributed by atoms with Gasteiger partial charge in [-0.1, -0.05) is 54.8 Å². The van der Waals surface area contributed by atoms with Crippen LogP contribution in [0.3, 0.4) is 0 Å². The Morgan fingerprint density at radius 3 is 2.71 bits per heavy atom. The van der Waals surface area contributed by atoms with Crippen molar-refractivity contribution < 1.29 is 14.1 Å². The Morgan fingerprint density at radius 2 is 1.96 bits per heavy atom. The van der Waals surface area contributed by atoms with E-state index >= 15 is 0 Å². The number of ether oxygens (including phenoxy) is 1. The normalized spacial score (nSPS) is 16.0. The number of nitrogens with one attached hydrogen (secondary N) is 1. The standard InChI is InChI=1S/C23H24ClNO3/c1-3-4-5-17-10-21(26)28-22-18(17)11-20(24)23-19(22)13-25(14-27-23)12-16-8-6-15(2)7-9-16/h6-11H,3-5,12-14H2,1-2H3/p+1. The van der Waals surface area contributed by atoms with Crippen LogP contribution in [-0.2, 0) is 19.5 Å². The molecule has 0 fully saturated rings. The topological polar surface area (TPSA) is 43.9 Å². The van der Waals surface area contributed by atoms with E-state index in [0.717, 1.165) is 42.3 Å². The average Bonchev–Trinajstić information content (AvgIpc) is 2.69. The first-order valence-corrected chi connectivity index (χ1v) is 10.2. The number of hydrogen-bond donors (Lipinski definition) is 1. The van der Waals surface area contributed by atoms with Crippen LogP contribution >= 0.6 is 11.6 Å². The van der Waals surface area contributed by atoms with Gasteiger partial charge < -0.3 is 9.15 Å². The van der Waals surface area contributed by atoms with Crippen LogP contribution in [0.25, 0.3) is 11.0 Å². The van der Waals surface area contributed by atoms with E-state index in [1.165, 1.54) is 16.0 Å². The molecule has 1 N–H and O–H groups in total. The molecule has 1 aromatic heterocycles. The zero-order valence-corrected chi connectivity index (χ0v) is 17.1. The first kappa shape index (κ1) is 19.0. The Morgan fingerprint density at radius 1 is 1.18 bits per heavy atom. The van der Waals surface area contributed by atoms with Gasteiger partial charge in [-0.25, -0.2) is 4.79 Å².